The maximum atomic E-state index is 12.8. The van der Waals surface area contributed by atoms with Crippen molar-refractivity contribution in [3.05, 3.63) is 53.6 Å². The Balaban J connectivity index is 1.82. The van der Waals surface area contributed by atoms with E-state index in [-0.39, 0.29) is 16.1 Å². The summed E-state index contributed by atoms with van der Waals surface area (Å²) in [6.45, 7) is 5.86. The lowest BCUT2D eigenvalue weighted by molar-refractivity contribution is 0.0697. The number of carbonyl (C=O) groups is 1. The Labute approximate surface area is 185 Å². The van der Waals surface area contributed by atoms with Gasteiger partial charge < -0.3 is 10.0 Å². The molecule has 2 aromatic carbocycles. The Kier molecular flexibility index (Phi) is 7.59. The number of carboxylic acid groups (broad SMARTS) is 1. The quantitative estimate of drug-likeness (QED) is 0.616. The van der Waals surface area contributed by atoms with Crippen molar-refractivity contribution in [2.45, 2.75) is 57.3 Å². The van der Waals surface area contributed by atoms with Gasteiger partial charge >= 0.3 is 5.97 Å². The number of carboxylic acids is 1. The fourth-order valence-corrected chi connectivity index (χ4v) is 5.07. The summed E-state index contributed by atoms with van der Waals surface area (Å²) < 4.78 is 28.2. The standard InChI is InChI=1S/C24H32N2O4S/c1-18(2)16-19-8-11-21(12-9-19)31(29,30)25-20-10-13-23(22(17-20)24(27)28)26-14-6-4-3-5-7-15-26/h8-13,17-18,25H,3-7,14-16H2,1-2H3,(H,27,28). The van der Waals surface area contributed by atoms with E-state index in [0.717, 1.165) is 50.8 Å². The lowest BCUT2D eigenvalue weighted by Crippen LogP contribution is -2.28. The van der Waals surface area contributed by atoms with Gasteiger partial charge in [-0.3, -0.25) is 4.72 Å². The number of sulfonamides is 1. The van der Waals surface area contributed by atoms with E-state index in [1.165, 1.54) is 12.5 Å². The summed E-state index contributed by atoms with van der Waals surface area (Å²) in [7, 11) is -3.81. The summed E-state index contributed by atoms with van der Waals surface area (Å²) in [5.74, 6) is -0.571. The van der Waals surface area contributed by atoms with Crippen molar-refractivity contribution in [1.29, 1.82) is 0 Å². The van der Waals surface area contributed by atoms with Gasteiger partial charge in [0.1, 0.15) is 0 Å². The average Bonchev–Trinajstić information content (AvgIpc) is 2.68. The van der Waals surface area contributed by atoms with Crippen molar-refractivity contribution in [2.24, 2.45) is 5.92 Å². The Hall–Kier alpha value is -2.54. The predicted molar refractivity (Wildman–Crippen MR) is 124 cm³/mol. The summed E-state index contributed by atoms with van der Waals surface area (Å²) in [5.41, 5.74) is 2.10. The molecule has 31 heavy (non-hydrogen) atoms. The first-order chi connectivity index (χ1) is 14.8. The number of hydrogen-bond acceptors (Lipinski definition) is 4. The normalized spacial score (nSPS) is 15.4. The summed E-state index contributed by atoms with van der Waals surface area (Å²) in [5, 5.41) is 9.76. The Morgan fingerprint density at radius 1 is 1.00 bits per heavy atom. The van der Waals surface area contributed by atoms with Gasteiger partial charge in [-0.25, -0.2) is 13.2 Å². The predicted octanol–water partition coefficient (Wildman–Crippen LogP) is 5.15. The van der Waals surface area contributed by atoms with E-state index in [9.17, 15) is 18.3 Å². The van der Waals surface area contributed by atoms with Crippen molar-refractivity contribution < 1.29 is 18.3 Å². The van der Waals surface area contributed by atoms with E-state index in [1.54, 1.807) is 24.3 Å². The third kappa shape index (κ3) is 6.23. The highest BCUT2D eigenvalue weighted by atomic mass is 32.2. The average molecular weight is 445 g/mol. The monoisotopic (exact) mass is 444 g/mol. The second-order valence-electron chi connectivity index (χ2n) is 8.64. The van der Waals surface area contributed by atoms with E-state index in [2.05, 4.69) is 23.5 Å². The van der Waals surface area contributed by atoms with Crippen LogP contribution in [0.3, 0.4) is 0 Å². The molecule has 0 unspecified atom stereocenters. The Morgan fingerprint density at radius 2 is 1.61 bits per heavy atom. The first-order valence-corrected chi connectivity index (χ1v) is 12.5. The number of nitrogens with zero attached hydrogens (tertiary/aromatic N) is 1. The highest BCUT2D eigenvalue weighted by molar-refractivity contribution is 7.92. The number of anilines is 2. The minimum Gasteiger partial charge on any atom is -0.478 e. The van der Waals surface area contributed by atoms with Gasteiger partial charge in [0, 0.05) is 18.8 Å². The van der Waals surface area contributed by atoms with Crippen molar-refractivity contribution >= 4 is 27.4 Å². The molecular weight excluding hydrogens is 412 g/mol. The number of rotatable bonds is 7. The summed E-state index contributed by atoms with van der Waals surface area (Å²) >= 11 is 0. The van der Waals surface area contributed by atoms with E-state index < -0.39 is 16.0 Å². The zero-order valence-corrected chi connectivity index (χ0v) is 19.1. The smallest absolute Gasteiger partial charge is 0.337 e. The first-order valence-electron chi connectivity index (χ1n) is 11.0. The van der Waals surface area contributed by atoms with Crippen molar-refractivity contribution in [1.82, 2.24) is 0 Å². The fraction of sp³-hybridized carbons (Fsp3) is 0.458. The minimum absolute atomic E-state index is 0.119. The molecule has 2 aromatic rings. The maximum Gasteiger partial charge on any atom is 0.337 e. The Bertz CT molecular complexity index is 993. The zero-order chi connectivity index (χ0) is 22.4. The largest absolute Gasteiger partial charge is 0.478 e. The summed E-state index contributed by atoms with van der Waals surface area (Å²) in [4.78, 5) is 14.2. The van der Waals surface area contributed by atoms with Crippen LogP contribution in [0.1, 0.15) is 61.9 Å². The molecule has 0 spiro atoms. The first kappa shape index (κ1) is 23.1. The van der Waals surface area contributed by atoms with Crippen LogP contribution in [0.15, 0.2) is 47.4 Å². The molecule has 0 atom stereocenters. The molecule has 0 saturated carbocycles. The highest BCUT2D eigenvalue weighted by Gasteiger charge is 2.20. The molecule has 1 fully saturated rings. The van der Waals surface area contributed by atoms with Gasteiger partial charge in [0.05, 0.1) is 16.1 Å². The fourth-order valence-electron chi connectivity index (χ4n) is 4.03. The van der Waals surface area contributed by atoms with Crippen LogP contribution in [-0.4, -0.2) is 32.6 Å². The lowest BCUT2D eigenvalue weighted by Gasteiger charge is -2.28. The van der Waals surface area contributed by atoms with Gasteiger partial charge in [-0.15, -0.1) is 0 Å². The minimum atomic E-state index is -3.81. The molecule has 1 saturated heterocycles. The van der Waals surface area contributed by atoms with Crippen LogP contribution in [0.2, 0.25) is 0 Å². The summed E-state index contributed by atoms with van der Waals surface area (Å²) in [6, 6.07) is 11.6. The molecule has 0 amide bonds. The SMILES string of the molecule is CC(C)Cc1ccc(S(=O)(=O)Nc2ccc(N3CCCCCCC3)c(C(=O)O)c2)cc1. The number of benzene rings is 2. The second kappa shape index (κ2) is 10.2. The van der Waals surface area contributed by atoms with Crippen LogP contribution in [0.25, 0.3) is 0 Å². The van der Waals surface area contributed by atoms with Crippen molar-refractivity contribution in [3.8, 4) is 0 Å². The molecule has 168 valence electrons. The molecule has 1 aliphatic rings. The van der Waals surface area contributed by atoms with Gasteiger partial charge in [-0.1, -0.05) is 45.2 Å². The zero-order valence-electron chi connectivity index (χ0n) is 18.3. The van der Waals surface area contributed by atoms with E-state index in [0.29, 0.717) is 11.6 Å². The number of aromatic carboxylic acids is 1. The van der Waals surface area contributed by atoms with Crippen molar-refractivity contribution in [3.63, 3.8) is 0 Å². The van der Waals surface area contributed by atoms with Gasteiger partial charge in [-0.05, 0) is 61.1 Å². The molecule has 0 radical (unpaired) electrons. The third-order valence-electron chi connectivity index (χ3n) is 5.55. The van der Waals surface area contributed by atoms with Crippen LogP contribution in [0.4, 0.5) is 11.4 Å². The molecule has 0 aromatic heterocycles. The molecule has 1 heterocycles. The van der Waals surface area contributed by atoms with E-state index in [1.807, 2.05) is 12.1 Å². The van der Waals surface area contributed by atoms with Gasteiger partial charge in [0.15, 0.2) is 0 Å². The van der Waals surface area contributed by atoms with Crippen LogP contribution in [0, 0.1) is 5.92 Å². The van der Waals surface area contributed by atoms with Crippen LogP contribution in [-0.2, 0) is 16.4 Å². The van der Waals surface area contributed by atoms with Crippen LogP contribution >= 0.6 is 0 Å². The van der Waals surface area contributed by atoms with Crippen molar-refractivity contribution in [2.75, 3.05) is 22.7 Å². The number of hydrogen-bond donors (Lipinski definition) is 2. The number of nitrogens with one attached hydrogen (secondary N) is 1. The van der Waals surface area contributed by atoms with Gasteiger partial charge in [0.2, 0.25) is 0 Å². The lowest BCUT2D eigenvalue weighted by atomic mass is 10.0. The molecule has 3 rings (SSSR count). The molecule has 0 aliphatic carbocycles. The van der Waals surface area contributed by atoms with E-state index >= 15 is 0 Å². The molecule has 2 N–H and O–H groups in total. The molecule has 0 bridgehead atoms. The molecule has 6 nitrogen and oxygen atoms in total. The highest BCUT2D eigenvalue weighted by Crippen LogP contribution is 2.28. The molecule has 1 aliphatic heterocycles. The van der Waals surface area contributed by atoms with Gasteiger partial charge in [-0.2, -0.15) is 0 Å². The van der Waals surface area contributed by atoms with Gasteiger partial charge in [0.25, 0.3) is 10.0 Å². The molecular formula is C24H32N2O4S. The second-order valence-corrected chi connectivity index (χ2v) is 10.3. The van der Waals surface area contributed by atoms with Crippen LogP contribution in [0.5, 0.6) is 0 Å². The maximum absolute atomic E-state index is 12.8. The Morgan fingerprint density at radius 3 is 2.19 bits per heavy atom. The van der Waals surface area contributed by atoms with E-state index in [4.69, 9.17) is 0 Å². The summed E-state index contributed by atoms with van der Waals surface area (Å²) in [6.07, 6.45) is 6.45. The molecule has 7 heteroatoms. The third-order valence-corrected chi connectivity index (χ3v) is 6.95. The topological polar surface area (TPSA) is 86.7 Å². The van der Waals surface area contributed by atoms with Crippen LogP contribution < -0.4 is 9.62 Å².